The van der Waals surface area contributed by atoms with Gasteiger partial charge in [0.05, 0.1) is 4.92 Å². The number of amides is 1. The highest BCUT2D eigenvalue weighted by Crippen LogP contribution is 2.29. The van der Waals surface area contributed by atoms with Crippen molar-refractivity contribution in [1.82, 2.24) is 0 Å². The van der Waals surface area contributed by atoms with E-state index in [1.807, 2.05) is 0 Å². The lowest BCUT2D eigenvalue weighted by atomic mass is 10.1. The molecular formula is C12H16N4O3. The molecule has 7 heteroatoms. The zero-order chi connectivity index (χ0) is 14.4. The summed E-state index contributed by atoms with van der Waals surface area (Å²) in [7, 11) is 0. The Balaban J connectivity index is 3.11. The summed E-state index contributed by atoms with van der Waals surface area (Å²) in [4.78, 5) is 21.6. The molecule has 0 aliphatic heterocycles. The number of nitrogens with one attached hydrogen (secondary N) is 1. The fourth-order valence-corrected chi connectivity index (χ4v) is 1.63. The quantitative estimate of drug-likeness (QED) is 0.400. The first-order valence-corrected chi connectivity index (χ1v) is 5.65. The number of carbonyl (C=O) groups excluding carboxylic acids is 1. The third-order valence-electron chi connectivity index (χ3n) is 2.50. The molecule has 1 amide bonds. The SMILES string of the molecule is Cc1cc(C(N)=O)cc([N+](=O)[O-])c1NC/C=C/CN. The Labute approximate surface area is 110 Å². The molecule has 0 aliphatic rings. The molecule has 19 heavy (non-hydrogen) atoms. The maximum absolute atomic E-state index is 11.1. The van der Waals surface area contributed by atoms with Crippen LogP contribution in [0.1, 0.15) is 15.9 Å². The molecule has 1 aromatic rings. The minimum Gasteiger partial charge on any atom is -0.376 e. The first-order chi connectivity index (χ1) is 8.97. The van der Waals surface area contributed by atoms with Crippen LogP contribution in [0.2, 0.25) is 0 Å². The summed E-state index contributed by atoms with van der Waals surface area (Å²) in [5.74, 6) is -0.694. The molecule has 0 unspecified atom stereocenters. The number of nitro groups is 1. The molecule has 0 aliphatic carbocycles. The first kappa shape index (κ1) is 14.7. The molecule has 1 aromatic carbocycles. The summed E-state index contributed by atoms with van der Waals surface area (Å²) < 4.78 is 0. The fourth-order valence-electron chi connectivity index (χ4n) is 1.63. The van der Waals surface area contributed by atoms with Crippen LogP contribution in [0.4, 0.5) is 11.4 Å². The second-order valence-corrected chi connectivity index (χ2v) is 3.90. The number of carbonyl (C=O) groups is 1. The number of nitrogens with zero attached hydrogens (tertiary/aromatic N) is 1. The molecule has 0 heterocycles. The van der Waals surface area contributed by atoms with Gasteiger partial charge in [-0.15, -0.1) is 0 Å². The van der Waals surface area contributed by atoms with Crippen molar-refractivity contribution in [2.75, 3.05) is 18.4 Å². The van der Waals surface area contributed by atoms with E-state index in [0.29, 0.717) is 24.3 Å². The van der Waals surface area contributed by atoms with Gasteiger partial charge in [0, 0.05) is 24.7 Å². The summed E-state index contributed by atoms with van der Waals surface area (Å²) in [6, 6.07) is 2.69. The standard InChI is InChI=1S/C12H16N4O3/c1-8-6-9(12(14)17)7-10(16(18)19)11(8)15-5-3-2-4-13/h2-3,6-7,15H,4-5,13H2,1H3,(H2,14,17)/b3-2+. The number of hydrogen-bond acceptors (Lipinski definition) is 5. The Morgan fingerprint density at radius 2 is 2.16 bits per heavy atom. The van der Waals surface area contributed by atoms with Crippen LogP contribution in [0.5, 0.6) is 0 Å². The van der Waals surface area contributed by atoms with Crippen molar-refractivity contribution in [2.24, 2.45) is 11.5 Å². The fraction of sp³-hybridized carbons (Fsp3) is 0.250. The second-order valence-electron chi connectivity index (χ2n) is 3.90. The molecule has 7 nitrogen and oxygen atoms in total. The third kappa shape index (κ3) is 3.78. The van der Waals surface area contributed by atoms with E-state index in [1.165, 1.54) is 12.1 Å². The lowest BCUT2D eigenvalue weighted by Gasteiger charge is -2.09. The summed E-state index contributed by atoms with van der Waals surface area (Å²) in [6.07, 6.45) is 3.51. The van der Waals surface area contributed by atoms with Crippen LogP contribution in [-0.2, 0) is 0 Å². The van der Waals surface area contributed by atoms with Crippen LogP contribution in [0, 0.1) is 17.0 Å². The normalized spacial score (nSPS) is 10.6. The smallest absolute Gasteiger partial charge is 0.293 e. The van der Waals surface area contributed by atoms with Gasteiger partial charge in [0.1, 0.15) is 5.69 Å². The van der Waals surface area contributed by atoms with Gasteiger partial charge in [-0.1, -0.05) is 12.2 Å². The number of hydrogen-bond donors (Lipinski definition) is 3. The van der Waals surface area contributed by atoms with Crippen LogP contribution in [0.3, 0.4) is 0 Å². The number of primary amides is 1. The highest BCUT2D eigenvalue weighted by atomic mass is 16.6. The van der Waals surface area contributed by atoms with Crippen LogP contribution in [-0.4, -0.2) is 23.9 Å². The van der Waals surface area contributed by atoms with Gasteiger partial charge in [0.25, 0.3) is 5.69 Å². The molecule has 0 spiro atoms. The van der Waals surface area contributed by atoms with E-state index in [2.05, 4.69) is 5.32 Å². The average molecular weight is 264 g/mol. The van der Waals surface area contributed by atoms with Gasteiger partial charge in [-0.05, 0) is 18.6 Å². The molecule has 0 aromatic heterocycles. The first-order valence-electron chi connectivity index (χ1n) is 5.65. The van der Waals surface area contributed by atoms with Gasteiger partial charge in [0.2, 0.25) is 5.91 Å². The van der Waals surface area contributed by atoms with Crippen molar-refractivity contribution in [3.8, 4) is 0 Å². The average Bonchev–Trinajstić information content (AvgIpc) is 2.35. The van der Waals surface area contributed by atoms with E-state index in [9.17, 15) is 14.9 Å². The van der Waals surface area contributed by atoms with Gasteiger partial charge >= 0.3 is 0 Å². The van der Waals surface area contributed by atoms with Gasteiger partial charge < -0.3 is 16.8 Å². The van der Waals surface area contributed by atoms with Crippen molar-refractivity contribution >= 4 is 17.3 Å². The number of nitrogens with two attached hydrogens (primary N) is 2. The molecule has 0 bridgehead atoms. The van der Waals surface area contributed by atoms with Crippen molar-refractivity contribution in [2.45, 2.75) is 6.92 Å². The summed E-state index contributed by atoms with van der Waals surface area (Å²) in [6.45, 7) is 2.49. The number of nitro benzene ring substituents is 1. The van der Waals surface area contributed by atoms with Crippen LogP contribution in [0.25, 0.3) is 0 Å². The Morgan fingerprint density at radius 1 is 1.47 bits per heavy atom. The predicted molar refractivity (Wildman–Crippen MR) is 73.0 cm³/mol. The van der Waals surface area contributed by atoms with Crippen molar-refractivity contribution in [1.29, 1.82) is 0 Å². The van der Waals surface area contributed by atoms with E-state index in [1.54, 1.807) is 19.1 Å². The minimum absolute atomic E-state index is 0.118. The van der Waals surface area contributed by atoms with E-state index >= 15 is 0 Å². The lowest BCUT2D eigenvalue weighted by Crippen LogP contribution is -2.13. The maximum Gasteiger partial charge on any atom is 0.293 e. The zero-order valence-electron chi connectivity index (χ0n) is 10.6. The predicted octanol–water partition coefficient (Wildman–Crippen LogP) is 0.929. The number of aryl methyl sites for hydroxylation is 1. The topological polar surface area (TPSA) is 124 Å². The van der Waals surface area contributed by atoms with E-state index in [-0.39, 0.29) is 11.3 Å². The monoisotopic (exact) mass is 264 g/mol. The third-order valence-corrected chi connectivity index (χ3v) is 2.50. The van der Waals surface area contributed by atoms with E-state index in [4.69, 9.17) is 11.5 Å². The lowest BCUT2D eigenvalue weighted by molar-refractivity contribution is -0.384. The Kier molecular flexibility index (Phi) is 5.01. The van der Waals surface area contributed by atoms with Crippen LogP contribution < -0.4 is 16.8 Å². The molecule has 5 N–H and O–H groups in total. The van der Waals surface area contributed by atoms with Crippen LogP contribution in [0.15, 0.2) is 24.3 Å². The van der Waals surface area contributed by atoms with Gasteiger partial charge in [0.15, 0.2) is 0 Å². The van der Waals surface area contributed by atoms with Gasteiger partial charge in [-0.2, -0.15) is 0 Å². The Morgan fingerprint density at radius 3 is 2.68 bits per heavy atom. The van der Waals surface area contributed by atoms with Crippen LogP contribution >= 0.6 is 0 Å². The van der Waals surface area contributed by atoms with Crippen molar-refractivity contribution in [3.05, 3.63) is 45.5 Å². The van der Waals surface area contributed by atoms with E-state index < -0.39 is 10.8 Å². The number of rotatable bonds is 6. The molecular weight excluding hydrogens is 248 g/mol. The highest BCUT2D eigenvalue weighted by Gasteiger charge is 2.18. The molecule has 0 atom stereocenters. The van der Waals surface area contributed by atoms with Gasteiger partial charge in [-0.25, -0.2) is 0 Å². The summed E-state index contributed by atoms with van der Waals surface area (Å²) in [5, 5.41) is 13.9. The molecule has 0 fully saturated rings. The zero-order valence-corrected chi connectivity index (χ0v) is 10.6. The summed E-state index contributed by atoms with van der Waals surface area (Å²) in [5.41, 5.74) is 11.3. The number of benzene rings is 1. The highest BCUT2D eigenvalue weighted by molar-refractivity contribution is 5.95. The Bertz CT molecular complexity index is 526. The number of anilines is 1. The minimum atomic E-state index is -0.694. The van der Waals surface area contributed by atoms with E-state index in [0.717, 1.165) is 0 Å². The van der Waals surface area contributed by atoms with Crippen molar-refractivity contribution < 1.29 is 9.72 Å². The largest absolute Gasteiger partial charge is 0.376 e. The van der Waals surface area contributed by atoms with Crippen molar-refractivity contribution in [3.63, 3.8) is 0 Å². The molecule has 0 radical (unpaired) electrons. The molecule has 0 saturated heterocycles. The van der Waals surface area contributed by atoms with Gasteiger partial charge in [-0.3, -0.25) is 14.9 Å². The summed E-state index contributed by atoms with van der Waals surface area (Å²) >= 11 is 0. The second kappa shape index (κ2) is 6.50. The molecule has 1 rings (SSSR count). The molecule has 0 saturated carbocycles. The molecule has 102 valence electrons. The maximum atomic E-state index is 11.1. The Hall–Kier alpha value is -2.41.